The fraction of sp³-hybridized carbons (Fsp3) is 0.273. The third kappa shape index (κ3) is 3.44. The molecule has 0 aromatic heterocycles. The maximum atomic E-state index is 12.4. The summed E-state index contributed by atoms with van der Waals surface area (Å²) in [5.41, 5.74) is 4.83. The average Bonchev–Trinajstić information content (AvgIpc) is 2.16. The van der Waals surface area contributed by atoms with Gasteiger partial charge in [0.25, 0.3) is 0 Å². The molecule has 0 saturated heterocycles. The van der Waals surface area contributed by atoms with Gasteiger partial charge in [0, 0.05) is 18.5 Å². The summed E-state index contributed by atoms with van der Waals surface area (Å²) < 4.78 is 37.1. The van der Waals surface area contributed by atoms with Gasteiger partial charge in [0.15, 0.2) is 0 Å². The molecule has 0 amide bonds. The monoisotopic (exact) mass is 247 g/mol. The number of halogens is 4. The first-order chi connectivity index (χ1) is 7.45. The molecule has 86 valence electrons. The van der Waals surface area contributed by atoms with Crippen molar-refractivity contribution >= 4 is 11.6 Å². The maximum Gasteiger partial charge on any atom is 0.417 e. The number of hydrogen-bond donors (Lipinski definition) is 1. The minimum Gasteiger partial charge on any atom is -0.330 e. The fourth-order valence-corrected chi connectivity index (χ4v) is 1.35. The van der Waals surface area contributed by atoms with E-state index >= 15 is 0 Å². The van der Waals surface area contributed by atoms with E-state index in [-0.39, 0.29) is 5.02 Å². The van der Waals surface area contributed by atoms with Crippen molar-refractivity contribution in [1.82, 2.24) is 0 Å². The van der Waals surface area contributed by atoms with Crippen LogP contribution in [0.15, 0.2) is 18.2 Å². The van der Waals surface area contributed by atoms with Gasteiger partial charge >= 0.3 is 6.18 Å². The van der Waals surface area contributed by atoms with Crippen molar-refractivity contribution in [2.75, 3.05) is 6.54 Å². The van der Waals surface area contributed by atoms with Crippen LogP contribution in [0.1, 0.15) is 17.5 Å². The van der Waals surface area contributed by atoms with Gasteiger partial charge in [-0.05, 0) is 18.2 Å². The Morgan fingerprint density at radius 2 is 2.00 bits per heavy atom. The first-order valence-corrected chi connectivity index (χ1v) is 4.88. The summed E-state index contributed by atoms with van der Waals surface area (Å²) in [5, 5.41) is -0.341. The molecule has 1 nitrogen and oxygen atoms in total. The molecule has 5 heteroatoms. The third-order valence-corrected chi connectivity index (χ3v) is 2.09. The van der Waals surface area contributed by atoms with Gasteiger partial charge in [-0.25, -0.2) is 0 Å². The second kappa shape index (κ2) is 5.24. The van der Waals surface area contributed by atoms with Crippen molar-refractivity contribution in [2.24, 2.45) is 5.73 Å². The van der Waals surface area contributed by atoms with E-state index < -0.39 is 11.7 Å². The molecule has 0 heterocycles. The molecule has 1 rings (SSSR count). The maximum absolute atomic E-state index is 12.4. The SMILES string of the molecule is NCCC#Cc1ccc(C(F)(F)F)c(Cl)c1. The highest BCUT2D eigenvalue weighted by Gasteiger charge is 2.32. The summed E-state index contributed by atoms with van der Waals surface area (Å²) in [6.45, 7) is 0.418. The summed E-state index contributed by atoms with van der Waals surface area (Å²) in [5.74, 6) is 5.41. The van der Waals surface area contributed by atoms with E-state index in [2.05, 4.69) is 11.8 Å². The van der Waals surface area contributed by atoms with Gasteiger partial charge in [-0.1, -0.05) is 23.4 Å². The summed E-state index contributed by atoms with van der Waals surface area (Å²) in [4.78, 5) is 0. The lowest BCUT2D eigenvalue weighted by Gasteiger charge is -2.08. The Kier molecular flexibility index (Phi) is 4.22. The highest BCUT2D eigenvalue weighted by Crippen LogP contribution is 2.34. The van der Waals surface area contributed by atoms with Crippen molar-refractivity contribution in [1.29, 1.82) is 0 Å². The lowest BCUT2D eigenvalue weighted by Crippen LogP contribution is -2.05. The van der Waals surface area contributed by atoms with Crippen LogP contribution < -0.4 is 5.73 Å². The van der Waals surface area contributed by atoms with Crippen LogP contribution in [0, 0.1) is 11.8 Å². The van der Waals surface area contributed by atoms with Gasteiger partial charge in [0.2, 0.25) is 0 Å². The minimum absolute atomic E-state index is 0.341. The molecule has 0 aliphatic carbocycles. The molecule has 1 aromatic carbocycles. The molecule has 1 aromatic rings. The van der Waals surface area contributed by atoms with Crippen molar-refractivity contribution in [3.05, 3.63) is 34.3 Å². The summed E-state index contributed by atoms with van der Waals surface area (Å²) in [7, 11) is 0. The van der Waals surface area contributed by atoms with Crippen LogP contribution in [0.25, 0.3) is 0 Å². The van der Waals surface area contributed by atoms with E-state index in [1.165, 1.54) is 12.1 Å². The molecule has 0 unspecified atom stereocenters. The fourth-order valence-electron chi connectivity index (χ4n) is 1.06. The number of benzene rings is 1. The largest absolute Gasteiger partial charge is 0.417 e. The molecule has 0 atom stereocenters. The third-order valence-electron chi connectivity index (χ3n) is 1.78. The molecule has 16 heavy (non-hydrogen) atoms. The molecule has 0 spiro atoms. The van der Waals surface area contributed by atoms with Gasteiger partial charge in [-0.3, -0.25) is 0 Å². The van der Waals surface area contributed by atoms with E-state index in [1.807, 2.05) is 0 Å². The standard InChI is InChI=1S/C11H9ClF3N/c12-10-7-8(3-1-2-6-16)4-5-9(10)11(13,14)15/h4-5,7H,2,6,16H2. The Hall–Kier alpha value is -1.18. The van der Waals surface area contributed by atoms with Crippen molar-refractivity contribution in [2.45, 2.75) is 12.6 Å². The number of nitrogens with two attached hydrogens (primary N) is 1. The number of rotatable bonds is 1. The van der Waals surface area contributed by atoms with Crippen LogP contribution in [0.3, 0.4) is 0 Å². The Balaban J connectivity index is 2.97. The number of alkyl halides is 3. The van der Waals surface area contributed by atoms with Crippen LogP contribution in [0.4, 0.5) is 13.2 Å². The van der Waals surface area contributed by atoms with Gasteiger partial charge < -0.3 is 5.73 Å². The molecule has 2 N–H and O–H groups in total. The average molecular weight is 248 g/mol. The van der Waals surface area contributed by atoms with Gasteiger partial charge in [0.05, 0.1) is 10.6 Å². The van der Waals surface area contributed by atoms with E-state index in [9.17, 15) is 13.2 Å². The van der Waals surface area contributed by atoms with E-state index in [0.29, 0.717) is 18.5 Å². The van der Waals surface area contributed by atoms with Crippen LogP contribution in [-0.2, 0) is 6.18 Å². The first kappa shape index (κ1) is 12.9. The van der Waals surface area contributed by atoms with Crippen LogP contribution in [-0.4, -0.2) is 6.54 Å². The van der Waals surface area contributed by atoms with Crippen LogP contribution in [0.5, 0.6) is 0 Å². The Morgan fingerprint density at radius 3 is 2.50 bits per heavy atom. The zero-order valence-corrected chi connectivity index (χ0v) is 8.99. The van der Waals surface area contributed by atoms with Crippen LogP contribution in [0.2, 0.25) is 5.02 Å². The Morgan fingerprint density at radius 1 is 1.31 bits per heavy atom. The zero-order chi connectivity index (χ0) is 12.2. The van der Waals surface area contributed by atoms with Crippen molar-refractivity contribution in [3.63, 3.8) is 0 Å². The molecule has 0 aliphatic rings. The first-order valence-electron chi connectivity index (χ1n) is 4.51. The Labute approximate surface area is 96.4 Å². The van der Waals surface area contributed by atoms with Crippen LogP contribution >= 0.6 is 11.6 Å². The van der Waals surface area contributed by atoms with E-state index in [1.54, 1.807) is 0 Å². The minimum atomic E-state index is -4.43. The normalized spacial score (nSPS) is 10.8. The second-order valence-corrected chi connectivity index (χ2v) is 3.44. The highest BCUT2D eigenvalue weighted by atomic mass is 35.5. The van der Waals surface area contributed by atoms with Crippen molar-refractivity contribution in [3.8, 4) is 11.8 Å². The molecule has 0 aliphatic heterocycles. The topological polar surface area (TPSA) is 26.0 Å². The predicted molar refractivity (Wildman–Crippen MR) is 57.0 cm³/mol. The predicted octanol–water partition coefficient (Wildman–Crippen LogP) is 3.06. The molecule has 0 fully saturated rings. The summed E-state index contributed by atoms with van der Waals surface area (Å²) in [6.07, 6.45) is -3.93. The molecule has 0 saturated carbocycles. The van der Waals surface area contributed by atoms with Gasteiger partial charge in [-0.2, -0.15) is 13.2 Å². The summed E-state index contributed by atoms with van der Waals surface area (Å²) in [6, 6.07) is 3.42. The molecule has 0 bridgehead atoms. The quantitative estimate of drug-likeness (QED) is 0.759. The molecule has 0 radical (unpaired) electrons. The van der Waals surface area contributed by atoms with Crippen molar-refractivity contribution < 1.29 is 13.2 Å². The second-order valence-electron chi connectivity index (χ2n) is 3.03. The number of hydrogen-bond acceptors (Lipinski definition) is 1. The summed E-state index contributed by atoms with van der Waals surface area (Å²) >= 11 is 5.51. The highest BCUT2D eigenvalue weighted by molar-refractivity contribution is 6.31. The molecular formula is C11H9ClF3N. The lowest BCUT2D eigenvalue weighted by atomic mass is 10.1. The van der Waals surface area contributed by atoms with E-state index in [0.717, 1.165) is 6.07 Å². The van der Waals surface area contributed by atoms with E-state index in [4.69, 9.17) is 17.3 Å². The lowest BCUT2D eigenvalue weighted by molar-refractivity contribution is -0.137. The van der Waals surface area contributed by atoms with Gasteiger partial charge in [-0.15, -0.1) is 0 Å². The molecular weight excluding hydrogens is 239 g/mol. The smallest absolute Gasteiger partial charge is 0.330 e. The Bertz CT molecular complexity index is 429. The zero-order valence-electron chi connectivity index (χ0n) is 8.24. The van der Waals surface area contributed by atoms with Gasteiger partial charge in [0.1, 0.15) is 0 Å².